The number of hydrogen-bond donors (Lipinski definition) is 1. The van der Waals surface area contributed by atoms with Gasteiger partial charge in [0.25, 0.3) is 0 Å². The van der Waals surface area contributed by atoms with Crippen LogP contribution < -0.4 is 5.32 Å². The molecule has 0 aromatic carbocycles. The van der Waals surface area contributed by atoms with Crippen LogP contribution in [-0.2, 0) is 10.3 Å². The summed E-state index contributed by atoms with van der Waals surface area (Å²) < 4.78 is 10.9. The predicted molar refractivity (Wildman–Crippen MR) is 60.2 cm³/mol. The van der Waals surface area contributed by atoms with Crippen molar-refractivity contribution >= 4 is 6.01 Å². The van der Waals surface area contributed by atoms with Gasteiger partial charge in [-0.25, -0.2) is 0 Å². The molecule has 5 heteroatoms. The van der Waals surface area contributed by atoms with Gasteiger partial charge in [-0.15, -0.1) is 0 Å². The molecule has 2 heterocycles. The fraction of sp³-hybridized carbons (Fsp3) is 0.818. The first-order chi connectivity index (χ1) is 7.60. The van der Waals surface area contributed by atoms with Crippen LogP contribution >= 0.6 is 0 Å². The number of ether oxygens (including phenoxy) is 1. The van der Waals surface area contributed by atoms with Crippen LogP contribution in [0.25, 0.3) is 0 Å². The number of anilines is 1. The van der Waals surface area contributed by atoms with Gasteiger partial charge < -0.3 is 14.6 Å². The Morgan fingerprint density at radius 2 is 2.19 bits per heavy atom. The van der Waals surface area contributed by atoms with Crippen molar-refractivity contribution in [3.05, 3.63) is 5.82 Å². The second-order valence-corrected chi connectivity index (χ2v) is 4.76. The molecule has 1 aromatic rings. The van der Waals surface area contributed by atoms with E-state index in [-0.39, 0.29) is 11.6 Å². The Morgan fingerprint density at radius 3 is 2.81 bits per heavy atom. The summed E-state index contributed by atoms with van der Waals surface area (Å²) in [6, 6.07) is 0.758. The number of aromatic nitrogens is 2. The van der Waals surface area contributed by atoms with Crippen molar-refractivity contribution in [2.24, 2.45) is 0 Å². The van der Waals surface area contributed by atoms with Gasteiger partial charge in [0, 0.05) is 12.6 Å². The lowest BCUT2D eigenvalue weighted by atomic mass is 9.95. The molecule has 1 atom stereocenters. The lowest BCUT2D eigenvalue weighted by molar-refractivity contribution is -0.0770. The topological polar surface area (TPSA) is 60.2 Å². The summed E-state index contributed by atoms with van der Waals surface area (Å²) in [7, 11) is 0. The van der Waals surface area contributed by atoms with Crippen LogP contribution in [0.3, 0.4) is 0 Å². The van der Waals surface area contributed by atoms with Crippen molar-refractivity contribution in [2.45, 2.75) is 51.7 Å². The maximum absolute atomic E-state index is 5.76. The van der Waals surface area contributed by atoms with Crippen LogP contribution in [0.4, 0.5) is 6.01 Å². The average Bonchev–Trinajstić information content (AvgIpc) is 2.67. The van der Waals surface area contributed by atoms with Crippen molar-refractivity contribution in [3.63, 3.8) is 0 Å². The van der Waals surface area contributed by atoms with Crippen LogP contribution in [-0.4, -0.2) is 22.8 Å². The summed E-state index contributed by atoms with van der Waals surface area (Å²) in [5, 5.41) is 7.08. The molecule has 1 N–H and O–H groups in total. The maximum atomic E-state index is 5.76. The molecule has 1 aliphatic rings. The second kappa shape index (κ2) is 4.41. The molecule has 1 fully saturated rings. The molecule has 1 aliphatic heterocycles. The lowest BCUT2D eigenvalue weighted by Crippen LogP contribution is -2.31. The highest BCUT2D eigenvalue weighted by Gasteiger charge is 2.34. The third-order valence-electron chi connectivity index (χ3n) is 2.78. The first-order valence-corrected chi connectivity index (χ1v) is 5.85. The van der Waals surface area contributed by atoms with Gasteiger partial charge in [0.1, 0.15) is 5.60 Å². The van der Waals surface area contributed by atoms with E-state index >= 15 is 0 Å². The molecule has 0 radical (unpaired) electrons. The molecule has 5 nitrogen and oxygen atoms in total. The Bertz CT molecular complexity index is 343. The van der Waals surface area contributed by atoms with E-state index in [9.17, 15) is 0 Å². The summed E-state index contributed by atoms with van der Waals surface area (Å²) in [5.74, 6) is 0.648. The Morgan fingerprint density at radius 1 is 1.38 bits per heavy atom. The minimum absolute atomic E-state index is 0.286. The molecule has 0 amide bonds. The largest absolute Gasteiger partial charge is 0.367 e. The van der Waals surface area contributed by atoms with Crippen LogP contribution in [0, 0.1) is 0 Å². The average molecular weight is 225 g/mol. The van der Waals surface area contributed by atoms with E-state index in [0.717, 1.165) is 25.9 Å². The number of nitrogens with one attached hydrogen (secondary N) is 1. The first kappa shape index (κ1) is 11.4. The zero-order chi connectivity index (χ0) is 11.6. The maximum Gasteiger partial charge on any atom is 0.321 e. The van der Waals surface area contributed by atoms with Gasteiger partial charge in [-0.2, -0.15) is 4.98 Å². The molecular formula is C11H19N3O2. The van der Waals surface area contributed by atoms with Crippen LogP contribution in [0.5, 0.6) is 0 Å². The fourth-order valence-corrected chi connectivity index (χ4v) is 1.85. The number of hydrogen-bond acceptors (Lipinski definition) is 5. The Kier molecular flexibility index (Phi) is 3.14. The van der Waals surface area contributed by atoms with E-state index in [1.165, 1.54) is 0 Å². The molecule has 1 unspecified atom stereocenters. The molecule has 1 aromatic heterocycles. The summed E-state index contributed by atoms with van der Waals surface area (Å²) in [5.41, 5.74) is -0.376. The fourth-order valence-electron chi connectivity index (χ4n) is 1.85. The molecule has 90 valence electrons. The predicted octanol–water partition coefficient (Wildman–Crippen LogP) is 2.31. The number of rotatable bonds is 3. The molecule has 0 saturated carbocycles. The zero-order valence-electron chi connectivity index (χ0n) is 10.1. The molecule has 0 aliphatic carbocycles. The van der Waals surface area contributed by atoms with Crippen molar-refractivity contribution in [2.75, 3.05) is 11.9 Å². The van der Waals surface area contributed by atoms with Crippen molar-refractivity contribution in [1.82, 2.24) is 10.1 Å². The van der Waals surface area contributed by atoms with E-state index in [4.69, 9.17) is 9.26 Å². The summed E-state index contributed by atoms with van der Waals surface area (Å²) >= 11 is 0. The third kappa shape index (κ3) is 2.35. The summed E-state index contributed by atoms with van der Waals surface area (Å²) in [6.45, 7) is 6.86. The highest BCUT2D eigenvalue weighted by Crippen LogP contribution is 2.33. The van der Waals surface area contributed by atoms with Gasteiger partial charge in [0.05, 0.1) is 0 Å². The summed E-state index contributed by atoms with van der Waals surface area (Å²) in [6.07, 6.45) is 3.22. The van der Waals surface area contributed by atoms with Gasteiger partial charge in [0.2, 0.25) is 5.82 Å². The van der Waals surface area contributed by atoms with E-state index in [0.29, 0.717) is 11.8 Å². The van der Waals surface area contributed by atoms with Gasteiger partial charge in [-0.1, -0.05) is 5.16 Å². The Hall–Kier alpha value is -1.10. The summed E-state index contributed by atoms with van der Waals surface area (Å²) in [4.78, 5) is 4.33. The van der Waals surface area contributed by atoms with E-state index in [2.05, 4.69) is 15.5 Å². The smallest absolute Gasteiger partial charge is 0.321 e. The zero-order valence-corrected chi connectivity index (χ0v) is 10.1. The molecular weight excluding hydrogens is 206 g/mol. The SMILES string of the molecule is CC(C)Nc1nc(C2(C)CCCCO2)no1. The molecule has 0 bridgehead atoms. The van der Waals surface area contributed by atoms with E-state index in [1.807, 2.05) is 20.8 Å². The molecule has 16 heavy (non-hydrogen) atoms. The Labute approximate surface area is 95.6 Å². The minimum atomic E-state index is -0.376. The highest BCUT2D eigenvalue weighted by molar-refractivity contribution is 5.21. The molecule has 2 rings (SSSR count). The normalized spacial score (nSPS) is 26.0. The highest BCUT2D eigenvalue weighted by atomic mass is 16.5. The molecule has 0 spiro atoms. The van der Waals surface area contributed by atoms with Crippen molar-refractivity contribution in [3.8, 4) is 0 Å². The van der Waals surface area contributed by atoms with Gasteiger partial charge >= 0.3 is 6.01 Å². The second-order valence-electron chi connectivity index (χ2n) is 4.76. The standard InChI is InChI=1S/C11H19N3O2/c1-8(2)12-10-13-9(14-16-10)11(3)6-4-5-7-15-11/h8H,4-7H2,1-3H3,(H,12,13,14). The van der Waals surface area contributed by atoms with E-state index in [1.54, 1.807) is 0 Å². The minimum Gasteiger partial charge on any atom is -0.367 e. The van der Waals surface area contributed by atoms with Gasteiger partial charge in [-0.05, 0) is 40.0 Å². The molecule has 1 saturated heterocycles. The van der Waals surface area contributed by atoms with Crippen LogP contribution in [0.1, 0.15) is 45.9 Å². The Balaban J connectivity index is 2.10. The van der Waals surface area contributed by atoms with Crippen LogP contribution in [0.15, 0.2) is 4.52 Å². The quantitative estimate of drug-likeness (QED) is 0.855. The van der Waals surface area contributed by atoms with E-state index < -0.39 is 0 Å². The van der Waals surface area contributed by atoms with Crippen molar-refractivity contribution < 1.29 is 9.26 Å². The third-order valence-corrected chi connectivity index (χ3v) is 2.78. The van der Waals surface area contributed by atoms with Crippen LogP contribution in [0.2, 0.25) is 0 Å². The first-order valence-electron chi connectivity index (χ1n) is 5.85. The van der Waals surface area contributed by atoms with Crippen molar-refractivity contribution in [1.29, 1.82) is 0 Å². The monoisotopic (exact) mass is 225 g/mol. The van der Waals surface area contributed by atoms with Gasteiger partial charge in [0.15, 0.2) is 0 Å². The number of nitrogens with zero attached hydrogens (tertiary/aromatic N) is 2. The lowest BCUT2D eigenvalue weighted by Gasteiger charge is -2.30. The van der Waals surface area contributed by atoms with Gasteiger partial charge in [-0.3, -0.25) is 0 Å².